The molecule has 2 aromatic carbocycles. The van der Waals surface area contributed by atoms with Crippen molar-refractivity contribution < 1.29 is 24.5 Å². The van der Waals surface area contributed by atoms with Gasteiger partial charge in [0.05, 0.1) is 11.7 Å². The Kier molecular flexibility index (Phi) is 5.74. The SMILES string of the molecule is O=C(OC1CCC(OC(=C2CCC2)c2ccc(O)cc2)CC1)c1ccc(O)cc1. The summed E-state index contributed by atoms with van der Waals surface area (Å²) in [6.45, 7) is 0. The average molecular weight is 394 g/mol. The van der Waals surface area contributed by atoms with Crippen LogP contribution in [0, 0.1) is 0 Å². The molecule has 0 saturated heterocycles. The van der Waals surface area contributed by atoms with Gasteiger partial charge in [-0.1, -0.05) is 0 Å². The van der Waals surface area contributed by atoms with Crippen LogP contribution in [-0.2, 0) is 9.47 Å². The van der Waals surface area contributed by atoms with Crippen LogP contribution in [0.5, 0.6) is 11.5 Å². The zero-order valence-electron chi connectivity index (χ0n) is 16.3. The number of ether oxygens (including phenoxy) is 2. The number of phenols is 2. The lowest BCUT2D eigenvalue weighted by atomic mass is 9.88. The molecular formula is C24H26O5. The molecule has 2 N–H and O–H groups in total. The molecular weight excluding hydrogens is 368 g/mol. The minimum absolute atomic E-state index is 0.107. The number of benzene rings is 2. The molecule has 0 aromatic heterocycles. The van der Waals surface area contributed by atoms with Crippen molar-refractivity contribution in [1.29, 1.82) is 0 Å². The second-order valence-corrected chi connectivity index (χ2v) is 7.80. The van der Waals surface area contributed by atoms with Gasteiger partial charge in [-0.15, -0.1) is 0 Å². The maximum Gasteiger partial charge on any atom is 0.338 e. The smallest absolute Gasteiger partial charge is 0.338 e. The van der Waals surface area contributed by atoms with E-state index < -0.39 is 0 Å². The number of carbonyl (C=O) groups excluding carboxylic acids is 1. The van der Waals surface area contributed by atoms with Crippen LogP contribution in [0.15, 0.2) is 54.1 Å². The summed E-state index contributed by atoms with van der Waals surface area (Å²) in [5.74, 6) is 0.989. The maximum absolute atomic E-state index is 12.3. The van der Waals surface area contributed by atoms with Crippen molar-refractivity contribution in [1.82, 2.24) is 0 Å². The summed E-state index contributed by atoms with van der Waals surface area (Å²) in [7, 11) is 0. The zero-order valence-corrected chi connectivity index (χ0v) is 16.3. The molecule has 4 rings (SSSR count). The molecule has 5 heteroatoms. The lowest BCUT2D eigenvalue weighted by molar-refractivity contribution is 0.00438. The van der Waals surface area contributed by atoms with Crippen LogP contribution in [0.4, 0.5) is 0 Å². The molecule has 0 aliphatic heterocycles. The van der Waals surface area contributed by atoms with Gasteiger partial charge in [0, 0.05) is 5.56 Å². The van der Waals surface area contributed by atoms with Gasteiger partial charge in [-0.25, -0.2) is 4.79 Å². The van der Waals surface area contributed by atoms with Crippen LogP contribution in [-0.4, -0.2) is 28.4 Å². The van der Waals surface area contributed by atoms with Crippen LogP contribution >= 0.6 is 0 Å². The van der Waals surface area contributed by atoms with Gasteiger partial charge in [0.15, 0.2) is 0 Å². The van der Waals surface area contributed by atoms with Gasteiger partial charge in [0.1, 0.15) is 23.4 Å². The number of rotatable bonds is 5. The topological polar surface area (TPSA) is 76.0 Å². The van der Waals surface area contributed by atoms with Gasteiger partial charge in [-0.2, -0.15) is 0 Å². The number of hydrogen-bond donors (Lipinski definition) is 2. The van der Waals surface area contributed by atoms with Crippen LogP contribution in [0.2, 0.25) is 0 Å². The molecule has 0 spiro atoms. The van der Waals surface area contributed by atoms with Gasteiger partial charge in [0.25, 0.3) is 0 Å². The Bertz CT molecular complexity index is 868. The Labute approximate surface area is 170 Å². The monoisotopic (exact) mass is 394 g/mol. The Morgan fingerprint density at radius 3 is 1.69 bits per heavy atom. The van der Waals surface area contributed by atoms with Crippen molar-refractivity contribution in [2.45, 2.75) is 57.2 Å². The fourth-order valence-electron chi connectivity index (χ4n) is 3.80. The van der Waals surface area contributed by atoms with Crippen LogP contribution < -0.4 is 0 Å². The molecule has 2 aromatic rings. The molecule has 152 valence electrons. The Hall–Kier alpha value is -2.95. The number of esters is 1. The lowest BCUT2D eigenvalue weighted by Crippen LogP contribution is -2.28. The molecule has 0 amide bonds. The molecule has 0 atom stereocenters. The predicted molar refractivity (Wildman–Crippen MR) is 110 cm³/mol. The quantitative estimate of drug-likeness (QED) is 0.540. The van der Waals surface area contributed by atoms with Gasteiger partial charge in [-0.3, -0.25) is 0 Å². The van der Waals surface area contributed by atoms with E-state index in [0.717, 1.165) is 49.8 Å². The highest BCUT2D eigenvalue weighted by molar-refractivity contribution is 5.89. The Balaban J connectivity index is 1.33. The van der Waals surface area contributed by atoms with E-state index in [1.807, 2.05) is 12.1 Å². The molecule has 0 bridgehead atoms. The zero-order chi connectivity index (χ0) is 20.2. The third-order valence-electron chi connectivity index (χ3n) is 5.69. The van der Waals surface area contributed by atoms with Gasteiger partial charge >= 0.3 is 5.97 Å². The third kappa shape index (κ3) is 4.73. The number of phenolic OH excluding ortho intramolecular Hbond substituents is 2. The first-order chi connectivity index (χ1) is 14.1. The van der Waals surface area contributed by atoms with Crippen molar-refractivity contribution in [2.75, 3.05) is 0 Å². The molecule has 2 saturated carbocycles. The number of hydrogen-bond acceptors (Lipinski definition) is 5. The summed E-state index contributed by atoms with van der Waals surface area (Å²) >= 11 is 0. The van der Waals surface area contributed by atoms with Gasteiger partial charge in [-0.05, 0) is 99.0 Å². The molecule has 5 nitrogen and oxygen atoms in total. The predicted octanol–water partition coefficient (Wildman–Crippen LogP) is 5.18. The van der Waals surface area contributed by atoms with Gasteiger partial charge in [0.2, 0.25) is 0 Å². The van der Waals surface area contributed by atoms with Crippen molar-refractivity contribution in [3.63, 3.8) is 0 Å². The second-order valence-electron chi connectivity index (χ2n) is 7.80. The number of aromatic hydroxyl groups is 2. The summed E-state index contributed by atoms with van der Waals surface area (Å²) in [6.07, 6.45) is 6.54. The summed E-state index contributed by atoms with van der Waals surface area (Å²) in [5.41, 5.74) is 2.81. The van der Waals surface area contributed by atoms with E-state index >= 15 is 0 Å². The first-order valence-corrected chi connectivity index (χ1v) is 10.3. The van der Waals surface area contributed by atoms with Crippen molar-refractivity contribution >= 4 is 11.7 Å². The lowest BCUT2D eigenvalue weighted by Gasteiger charge is -2.32. The Morgan fingerprint density at radius 1 is 0.724 bits per heavy atom. The Morgan fingerprint density at radius 2 is 1.21 bits per heavy atom. The third-order valence-corrected chi connectivity index (χ3v) is 5.69. The van der Waals surface area contributed by atoms with E-state index in [1.54, 1.807) is 24.3 Å². The van der Waals surface area contributed by atoms with Crippen molar-refractivity contribution in [3.8, 4) is 11.5 Å². The van der Waals surface area contributed by atoms with Gasteiger partial charge < -0.3 is 19.7 Å². The minimum Gasteiger partial charge on any atom is -0.508 e. The van der Waals surface area contributed by atoms with Crippen LogP contribution in [0.25, 0.3) is 5.76 Å². The van der Waals surface area contributed by atoms with E-state index in [4.69, 9.17) is 9.47 Å². The van der Waals surface area contributed by atoms with E-state index in [0.29, 0.717) is 5.56 Å². The fourth-order valence-corrected chi connectivity index (χ4v) is 3.80. The summed E-state index contributed by atoms with van der Waals surface area (Å²) in [4.78, 5) is 12.3. The van der Waals surface area contributed by atoms with E-state index in [1.165, 1.54) is 24.1 Å². The average Bonchev–Trinajstić information content (AvgIpc) is 2.69. The molecule has 2 aliphatic rings. The highest BCUT2D eigenvalue weighted by Crippen LogP contribution is 2.37. The standard InChI is InChI=1S/C24H26O5/c25-19-8-4-17(5-9-19)23(16-2-1-3-16)28-21-12-14-22(15-13-21)29-24(27)18-6-10-20(26)11-7-18/h4-11,21-22,25-26H,1-3,12-15H2. The normalized spacial score (nSPS) is 21.2. The molecule has 0 radical (unpaired) electrons. The first kappa shape index (κ1) is 19.4. The largest absolute Gasteiger partial charge is 0.508 e. The van der Waals surface area contributed by atoms with Crippen molar-refractivity contribution in [2.24, 2.45) is 0 Å². The van der Waals surface area contributed by atoms with Crippen LogP contribution in [0.3, 0.4) is 0 Å². The fraction of sp³-hybridized carbons (Fsp3) is 0.375. The van der Waals surface area contributed by atoms with E-state index in [-0.39, 0.29) is 29.7 Å². The minimum atomic E-state index is -0.351. The summed E-state index contributed by atoms with van der Waals surface area (Å²) < 4.78 is 12.0. The maximum atomic E-state index is 12.3. The summed E-state index contributed by atoms with van der Waals surface area (Å²) in [5, 5.41) is 18.9. The van der Waals surface area contributed by atoms with Crippen molar-refractivity contribution in [3.05, 3.63) is 65.2 Å². The highest BCUT2D eigenvalue weighted by atomic mass is 16.5. The van der Waals surface area contributed by atoms with E-state index in [2.05, 4.69) is 0 Å². The number of carbonyl (C=O) groups is 1. The van der Waals surface area contributed by atoms with E-state index in [9.17, 15) is 15.0 Å². The van der Waals surface area contributed by atoms with Crippen LogP contribution in [0.1, 0.15) is 60.9 Å². The summed E-state index contributed by atoms with van der Waals surface area (Å²) in [6, 6.07) is 13.3. The molecule has 2 aliphatic carbocycles. The highest BCUT2D eigenvalue weighted by Gasteiger charge is 2.27. The molecule has 0 unspecified atom stereocenters. The second kappa shape index (κ2) is 8.60. The first-order valence-electron chi connectivity index (χ1n) is 10.3. The molecule has 29 heavy (non-hydrogen) atoms. The number of allylic oxidation sites excluding steroid dienone is 1. The molecule has 0 heterocycles. The molecule has 2 fully saturated rings.